The van der Waals surface area contributed by atoms with Crippen molar-refractivity contribution in [2.24, 2.45) is 0 Å². The fourth-order valence-electron chi connectivity index (χ4n) is 2.62. The smallest absolute Gasteiger partial charge is 0.335 e. The van der Waals surface area contributed by atoms with Crippen LogP contribution in [0.1, 0.15) is 27.4 Å². The Morgan fingerprint density at radius 3 is 2.76 bits per heavy atom. The second kappa shape index (κ2) is 5.48. The largest absolute Gasteiger partial charge is 0.493 e. The van der Waals surface area contributed by atoms with Crippen molar-refractivity contribution in [2.75, 3.05) is 13.7 Å². The van der Waals surface area contributed by atoms with Gasteiger partial charge < -0.3 is 14.6 Å². The molecule has 108 valence electrons. The van der Waals surface area contributed by atoms with Crippen LogP contribution < -0.4 is 9.47 Å². The highest BCUT2D eigenvalue weighted by Crippen LogP contribution is 2.36. The number of fused-ring (bicyclic) bond motifs is 1. The molecule has 0 radical (unpaired) electrons. The van der Waals surface area contributed by atoms with Gasteiger partial charge in [-0.3, -0.25) is 0 Å². The molecule has 1 aliphatic rings. The zero-order valence-corrected chi connectivity index (χ0v) is 11.7. The van der Waals surface area contributed by atoms with E-state index in [9.17, 15) is 4.79 Å². The van der Waals surface area contributed by atoms with Crippen LogP contribution >= 0.6 is 0 Å². The lowest BCUT2D eigenvalue weighted by molar-refractivity contribution is 0.0696. The topological polar surface area (TPSA) is 55.8 Å². The summed E-state index contributed by atoms with van der Waals surface area (Å²) in [7, 11) is 1.51. The fraction of sp³-hybridized carbons (Fsp3) is 0.235. The Labute approximate surface area is 122 Å². The van der Waals surface area contributed by atoms with E-state index in [4.69, 9.17) is 14.6 Å². The minimum Gasteiger partial charge on any atom is -0.493 e. The van der Waals surface area contributed by atoms with E-state index in [1.807, 2.05) is 12.1 Å². The minimum atomic E-state index is -0.979. The number of carboxylic acid groups (broad SMARTS) is 1. The standard InChI is InChI=1S/C17H16O4/c1-20-16-9-12(17(18)19)6-7-15(16)21-10-13-8-11-4-2-3-5-14(11)13/h2-7,9,13H,8,10H2,1H3,(H,18,19). The number of hydrogen-bond acceptors (Lipinski definition) is 3. The van der Waals surface area contributed by atoms with Crippen LogP contribution in [0.25, 0.3) is 0 Å². The molecule has 0 saturated heterocycles. The molecule has 3 rings (SSSR count). The number of rotatable bonds is 5. The Morgan fingerprint density at radius 2 is 2.05 bits per heavy atom. The summed E-state index contributed by atoms with van der Waals surface area (Å²) in [5.74, 6) is 0.437. The van der Waals surface area contributed by atoms with Crippen LogP contribution in [0.15, 0.2) is 42.5 Å². The summed E-state index contributed by atoms with van der Waals surface area (Å²) in [6.45, 7) is 0.569. The van der Waals surface area contributed by atoms with Gasteiger partial charge in [0.2, 0.25) is 0 Å². The first kappa shape index (κ1) is 13.5. The highest BCUT2D eigenvalue weighted by atomic mass is 16.5. The Bertz CT molecular complexity index is 678. The van der Waals surface area contributed by atoms with Gasteiger partial charge in [0.15, 0.2) is 11.5 Å². The molecule has 1 atom stereocenters. The van der Waals surface area contributed by atoms with E-state index in [-0.39, 0.29) is 5.56 Å². The number of benzene rings is 2. The first-order chi connectivity index (χ1) is 10.2. The van der Waals surface area contributed by atoms with Gasteiger partial charge in [-0.2, -0.15) is 0 Å². The van der Waals surface area contributed by atoms with Crippen LogP contribution in [0.5, 0.6) is 11.5 Å². The molecular formula is C17H16O4. The van der Waals surface area contributed by atoms with Crippen molar-refractivity contribution in [3.8, 4) is 11.5 Å². The van der Waals surface area contributed by atoms with Crippen molar-refractivity contribution < 1.29 is 19.4 Å². The third-order valence-corrected chi connectivity index (χ3v) is 3.81. The summed E-state index contributed by atoms with van der Waals surface area (Å²) in [4.78, 5) is 10.9. The van der Waals surface area contributed by atoms with Crippen molar-refractivity contribution in [1.29, 1.82) is 0 Å². The molecule has 0 spiro atoms. The Kier molecular flexibility index (Phi) is 3.52. The van der Waals surface area contributed by atoms with E-state index in [1.54, 1.807) is 6.07 Å². The molecule has 21 heavy (non-hydrogen) atoms. The van der Waals surface area contributed by atoms with Crippen molar-refractivity contribution in [2.45, 2.75) is 12.3 Å². The van der Waals surface area contributed by atoms with Crippen LogP contribution in [-0.2, 0) is 6.42 Å². The lowest BCUT2D eigenvalue weighted by atomic mass is 9.78. The van der Waals surface area contributed by atoms with E-state index in [0.29, 0.717) is 24.0 Å². The Hall–Kier alpha value is -2.49. The van der Waals surface area contributed by atoms with Gasteiger partial charge in [-0.1, -0.05) is 24.3 Å². The van der Waals surface area contributed by atoms with Crippen LogP contribution in [0.3, 0.4) is 0 Å². The van der Waals surface area contributed by atoms with Crippen molar-refractivity contribution in [3.05, 3.63) is 59.2 Å². The van der Waals surface area contributed by atoms with E-state index in [2.05, 4.69) is 12.1 Å². The maximum absolute atomic E-state index is 10.9. The van der Waals surface area contributed by atoms with Gasteiger partial charge in [0, 0.05) is 5.92 Å². The van der Waals surface area contributed by atoms with Crippen LogP contribution in [-0.4, -0.2) is 24.8 Å². The Morgan fingerprint density at radius 1 is 1.24 bits per heavy atom. The van der Waals surface area contributed by atoms with Crippen LogP contribution in [0.2, 0.25) is 0 Å². The third-order valence-electron chi connectivity index (χ3n) is 3.81. The summed E-state index contributed by atoms with van der Waals surface area (Å²) < 4.78 is 11.0. The second-order valence-corrected chi connectivity index (χ2v) is 5.08. The molecule has 0 heterocycles. The van der Waals surface area contributed by atoms with Gasteiger partial charge in [-0.25, -0.2) is 4.79 Å². The first-order valence-corrected chi connectivity index (χ1v) is 6.81. The highest BCUT2D eigenvalue weighted by Gasteiger charge is 2.26. The van der Waals surface area contributed by atoms with Gasteiger partial charge in [-0.15, -0.1) is 0 Å². The summed E-state index contributed by atoms with van der Waals surface area (Å²) in [6, 6.07) is 13.0. The summed E-state index contributed by atoms with van der Waals surface area (Å²) in [5, 5.41) is 8.97. The Balaban J connectivity index is 1.70. The molecule has 0 bridgehead atoms. The molecule has 1 unspecified atom stereocenters. The molecular weight excluding hydrogens is 268 g/mol. The average Bonchev–Trinajstić information content (AvgIpc) is 2.48. The fourth-order valence-corrected chi connectivity index (χ4v) is 2.62. The maximum atomic E-state index is 10.9. The van der Waals surface area contributed by atoms with Crippen LogP contribution in [0.4, 0.5) is 0 Å². The SMILES string of the molecule is COc1cc(C(=O)O)ccc1OCC1Cc2ccccc21. The number of carboxylic acids is 1. The number of hydrogen-bond donors (Lipinski definition) is 1. The van der Waals surface area contributed by atoms with Gasteiger partial charge in [0.05, 0.1) is 19.3 Å². The molecule has 2 aromatic rings. The van der Waals surface area contributed by atoms with Crippen molar-refractivity contribution in [3.63, 3.8) is 0 Å². The molecule has 1 aliphatic carbocycles. The number of ether oxygens (including phenoxy) is 2. The molecule has 0 fully saturated rings. The van der Waals surface area contributed by atoms with Gasteiger partial charge in [-0.05, 0) is 35.7 Å². The van der Waals surface area contributed by atoms with E-state index in [0.717, 1.165) is 6.42 Å². The summed E-state index contributed by atoms with van der Waals surface area (Å²) in [6.07, 6.45) is 1.02. The predicted octanol–water partition coefficient (Wildman–Crippen LogP) is 3.11. The maximum Gasteiger partial charge on any atom is 0.335 e. The molecule has 2 aromatic carbocycles. The lowest BCUT2D eigenvalue weighted by Gasteiger charge is -2.30. The molecule has 0 amide bonds. The minimum absolute atomic E-state index is 0.188. The van der Waals surface area contributed by atoms with E-state index in [1.165, 1.54) is 30.4 Å². The molecule has 4 nitrogen and oxygen atoms in total. The average molecular weight is 284 g/mol. The quantitative estimate of drug-likeness (QED) is 0.916. The third kappa shape index (κ3) is 2.57. The molecule has 1 N–H and O–H groups in total. The van der Waals surface area contributed by atoms with E-state index >= 15 is 0 Å². The van der Waals surface area contributed by atoms with Crippen LogP contribution in [0, 0.1) is 0 Å². The normalized spacial score (nSPS) is 15.8. The molecule has 4 heteroatoms. The molecule has 0 aromatic heterocycles. The number of carbonyl (C=O) groups is 1. The van der Waals surface area contributed by atoms with Gasteiger partial charge in [0.25, 0.3) is 0 Å². The molecule has 0 saturated carbocycles. The lowest BCUT2D eigenvalue weighted by Crippen LogP contribution is -2.23. The van der Waals surface area contributed by atoms with Crippen molar-refractivity contribution in [1.82, 2.24) is 0 Å². The summed E-state index contributed by atoms with van der Waals surface area (Å²) in [5.41, 5.74) is 2.89. The predicted molar refractivity (Wildman–Crippen MR) is 78.3 cm³/mol. The van der Waals surface area contributed by atoms with Gasteiger partial charge in [0.1, 0.15) is 0 Å². The number of methoxy groups -OCH3 is 1. The first-order valence-electron chi connectivity index (χ1n) is 6.81. The highest BCUT2D eigenvalue weighted by molar-refractivity contribution is 5.88. The molecule has 0 aliphatic heterocycles. The second-order valence-electron chi connectivity index (χ2n) is 5.08. The zero-order valence-electron chi connectivity index (χ0n) is 11.7. The monoisotopic (exact) mass is 284 g/mol. The van der Waals surface area contributed by atoms with Gasteiger partial charge >= 0.3 is 5.97 Å². The van der Waals surface area contributed by atoms with E-state index < -0.39 is 5.97 Å². The number of aromatic carboxylic acids is 1. The summed E-state index contributed by atoms with van der Waals surface area (Å²) >= 11 is 0. The zero-order chi connectivity index (χ0) is 14.8. The van der Waals surface area contributed by atoms with Crippen molar-refractivity contribution >= 4 is 5.97 Å².